The summed E-state index contributed by atoms with van der Waals surface area (Å²) in [6.07, 6.45) is 0.784. The molecular formula is C15H13IN4O2S. The Morgan fingerprint density at radius 1 is 1.39 bits per heavy atom. The van der Waals surface area contributed by atoms with Crippen LogP contribution in [0.25, 0.3) is 16.4 Å². The number of aromatic nitrogens is 4. The fraction of sp³-hybridized carbons (Fsp3) is 0.267. The number of benzene rings is 1. The van der Waals surface area contributed by atoms with E-state index < -0.39 is 0 Å². The Labute approximate surface area is 149 Å². The lowest BCUT2D eigenvalue weighted by molar-refractivity contribution is 0.327. The van der Waals surface area contributed by atoms with Gasteiger partial charge in [0, 0.05) is 27.5 Å². The third-order valence-corrected chi connectivity index (χ3v) is 5.52. The molecule has 118 valence electrons. The third kappa shape index (κ3) is 2.40. The first kappa shape index (κ1) is 14.9. The number of aryl methyl sites for hydroxylation is 2. The van der Waals surface area contributed by atoms with Crippen molar-refractivity contribution in [2.24, 2.45) is 7.05 Å². The first-order chi connectivity index (χ1) is 11.0. The lowest BCUT2D eigenvalue weighted by Gasteiger charge is -2.07. The van der Waals surface area contributed by atoms with Gasteiger partial charge in [-0.15, -0.1) is 11.3 Å². The minimum absolute atomic E-state index is 0.175. The van der Waals surface area contributed by atoms with Gasteiger partial charge in [-0.05, 0) is 47.7 Å². The summed E-state index contributed by atoms with van der Waals surface area (Å²) in [6, 6.07) is 6.09. The fourth-order valence-electron chi connectivity index (χ4n) is 2.69. The summed E-state index contributed by atoms with van der Waals surface area (Å²) < 4.78 is 9.87. The molecule has 0 amide bonds. The first-order valence-corrected chi connectivity index (χ1v) is 8.99. The van der Waals surface area contributed by atoms with E-state index in [1.165, 1.54) is 16.0 Å². The van der Waals surface area contributed by atoms with Crippen LogP contribution in [0.2, 0.25) is 0 Å². The average molecular weight is 440 g/mol. The van der Waals surface area contributed by atoms with Crippen LogP contribution < -0.4 is 10.4 Å². The summed E-state index contributed by atoms with van der Waals surface area (Å²) in [5.74, 6) is 1.49. The van der Waals surface area contributed by atoms with E-state index in [1.54, 1.807) is 11.6 Å². The van der Waals surface area contributed by atoms with E-state index in [1.807, 2.05) is 25.1 Å². The van der Waals surface area contributed by atoms with Crippen molar-refractivity contribution in [2.75, 3.05) is 6.61 Å². The van der Waals surface area contributed by atoms with Crippen molar-refractivity contribution in [3.63, 3.8) is 0 Å². The molecule has 1 aliphatic rings. The first-order valence-electron chi connectivity index (χ1n) is 7.10. The van der Waals surface area contributed by atoms with Gasteiger partial charge in [0.2, 0.25) is 0 Å². The zero-order chi connectivity index (χ0) is 16.1. The molecule has 1 aliphatic heterocycles. The van der Waals surface area contributed by atoms with Gasteiger partial charge in [-0.1, -0.05) is 0 Å². The molecule has 6 nitrogen and oxygen atoms in total. The van der Waals surface area contributed by atoms with Gasteiger partial charge in [0.1, 0.15) is 11.6 Å². The van der Waals surface area contributed by atoms with Crippen LogP contribution in [0.15, 0.2) is 23.0 Å². The average Bonchev–Trinajstić information content (AvgIpc) is 2.95. The second-order valence-corrected chi connectivity index (χ2v) is 7.60. The Morgan fingerprint density at radius 2 is 2.22 bits per heavy atom. The van der Waals surface area contributed by atoms with Crippen LogP contribution in [-0.2, 0) is 13.5 Å². The molecule has 0 saturated heterocycles. The Balaban J connectivity index is 1.92. The largest absolute Gasteiger partial charge is 0.492 e. The number of hydrogen-bond donors (Lipinski definition) is 0. The molecule has 23 heavy (non-hydrogen) atoms. The lowest BCUT2D eigenvalue weighted by atomic mass is 10.1. The molecule has 0 fully saturated rings. The van der Waals surface area contributed by atoms with Gasteiger partial charge < -0.3 is 4.74 Å². The van der Waals surface area contributed by atoms with Crippen molar-refractivity contribution in [2.45, 2.75) is 13.3 Å². The Hall–Kier alpha value is -1.68. The predicted octanol–water partition coefficient (Wildman–Crippen LogP) is 2.54. The van der Waals surface area contributed by atoms with E-state index in [4.69, 9.17) is 9.72 Å². The minimum Gasteiger partial charge on any atom is -0.492 e. The number of thiazole rings is 1. The number of ether oxygens (including phenoxy) is 1. The third-order valence-electron chi connectivity index (χ3n) is 3.75. The van der Waals surface area contributed by atoms with Gasteiger partial charge in [0.15, 0.2) is 5.13 Å². The predicted molar refractivity (Wildman–Crippen MR) is 96.6 cm³/mol. The number of hydrogen-bond acceptors (Lipinski definition) is 5. The van der Waals surface area contributed by atoms with E-state index in [2.05, 4.69) is 27.7 Å². The number of rotatable bonds is 1. The van der Waals surface area contributed by atoms with Crippen LogP contribution >= 0.6 is 33.9 Å². The van der Waals surface area contributed by atoms with E-state index in [-0.39, 0.29) is 5.69 Å². The highest BCUT2D eigenvalue weighted by Crippen LogP contribution is 2.38. The summed E-state index contributed by atoms with van der Waals surface area (Å²) in [6.45, 7) is 2.43. The molecule has 0 spiro atoms. The molecular weight excluding hydrogens is 427 g/mol. The second kappa shape index (κ2) is 5.45. The maximum atomic E-state index is 12.3. The fourth-order valence-corrected chi connectivity index (χ4v) is 4.25. The summed E-state index contributed by atoms with van der Waals surface area (Å²) in [5, 5.41) is 4.84. The van der Waals surface area contributed by atoms with E-state index in [9.17, 15) is 4.79 Å². The summed E-state index contributed by atoms with van der Waals surface area (Å²) in [4.78, 5) is 18.1. The zero-order valence-corrected chi connectivity index (χ0v) is 15.5. The Kier molecular flexibility index (Phi) is 3.52. The van der Waals surface area contributed by atoms with Crippen LogP contribution in [-0.4, -0.2) is 25.9 Å². The molecule has 8 heteroatoms. The van der Waals surface area contributed by atoms with Crippen molar-refractivity contribution < 1.29 is 4.74 Å². The lowest BCUT2D eigenvalue weighted by Crippen LogP contribution is -2.21. The smallest absolute Gasteiger partial charge is 0.352 e. The van der Waals surface area contributed by atoms with Gasteiger partial charge >= 0.3 is 5.69 Å². The van der Waals surface area contributed by atoms with Crippen LogP contribution in [0.1, 0.15) is 10.7 Å². The van der Waals surface area contributed by atoms with Gasteiger partial charge in [-0.2, -0.15) is 5.10 Å². The molecule has 4 rings (SSSR count). The van der Waals surface area contributed by atoms with E-state index in [0.717, 1.165) is 31.9 Å². The Bertz CT molecular complexity index is 973. The Morgan fingerprint density at radius 3 is 2.96 bits per heavy atom. The van der Waals surface area contributed by atoms with Crippen molar-refractivity contribution >= 4 is 33.9 Å². The van der Waals surface area contributed by atoms with Crippen molar-refractivity contribution in [3.05, 3.63) is 43.0 Å². The highest BCUT2D eigenvalue weighted by molar-refractivity contribution is 14.1. The molecule has 0 saturated carbocycles. The highest BCUT2D eigenvalue weighted by Gasteiger charge is 2.23. The van der Waals surface area contributed by atoms with E-state index >= 15 is 0 Å². The molecule has 0 atom stereocenters. The maximum absolute atomic E-state index is 12.3. The molecule has 0 aliphatic carbocycles. The molecule has 0 N–H and O–H groups in total. The zero-order valence-electron chi connectivity index (χ0n) is 12.5. The van der Waals surface area contributed by atoms with Crippen LogP contribution in [0.4, 0.5) is 0 Å². The topological polar surface area (TPSA) is 61.9 Å². The van der Waals surface area contributed by atoms with E-state index in [0.29, 0.717) is 17.6 Å². The van der Waals surface area contributed by atoms with Crippen LogP contribution in [0.5, 0.6) is 5.75 Å². The monoisotopic (exact) mass is 440 g/mol. The molecule has 3 aromatic rings. The second-order valence-electron chi connectivity index (χ2n) is 5.30. The quantitative estimate of drug-likeness (QED) is 0.546. The molecule has 1 aromatic carbocycles. The van der Waals surface area contributed by atoms with Crippen molar-refractivity contribution in [1.82, 2.24) is 19.3 Å². The van der Waals surface area contributed by atoms with Gasteiger partial charge in [0.05, 0.1) is 12.3 Å². The molecule has 0 unspecified atom stereocenters. The number of fused-ring (bicyclic) bond motifs is 3. The normalized spacial score (nSPS) is 13.2. The molecule has 0 bridgehead atoms. The SMILES string of the molecule is Cc1nn(C)c(=O)n1-c1nc2c(s1)CCOc1cc(I)ccc1-2. The van der Waals surface area contributed by atoms with Crippen molar-refractivity contribution in [1.29, 1.82) is 0 Å². The van der Waals surface area contributed by atoms with Crippen LogP contribution in [0.3, 0.4) is 0 Å². The highest BCUT2D eigenvalue weighted by atomic mass is 127. The standard InChI is InChI=1S/C15H13IN4O2S/c1-8-18-19(2)15(21)20(8)14-17-13-10-4-3-9(16)7-11(10)22-6-5-12(13)23-14/h3-4,7H,5-6H2,1-2H3. The molecule has 0 radical (unpaired) electrons. The van der Waals surface area contributed by atoms with Crippen molar-refractivity contribution in [3.8, 4) is 22.1 Å². The van der Waals surface area contributed by atoms with Gasteiger partial charge in [0.25, 0.3) is 0 Å². The van der Waals surface area contributed by atoms with Gasteiger partial charge in [-0.3, -0.25) is 0 Å². The number of halogens is 1. The molecule has 3 heterocycles. The minimum atomic E-state index is -0.175. The summed E-state index contributed by atoms with van der Waals surface area (Å²) in [5.41, 5.74) is 1.71. The van der Waals surface area contributed by atoms with Gasteiger partial charge in [-0.25, -0.2) is 19.0 Å². The maximum Gasteiger partial charge on any atom is 0.352 e. The summed E-state index contributed by atoms with van der Waals surface area (Å²) >= 11 is 3.80. The van der Waals surface area contributed by atoms with Crippen LogP contribution in [0, 0.1) is 10.5 Å². The number of nitrogens with zero attached hydrogens (tertiary/aromatic N) is 4. The molecule has 2 aromatic heterocycles. The summed E-state index contributed by atoms with van der Waals surface area (Å²) in [7, 11) is 1.65.